The second-order valence-electron chi connectivity index (χ2n) is 3.48. The van der Waals surface area contributed by atoms with Crippen LogP contribution in [0.2, 0.25) is 0 Å². The first-order valence-corrected chi connectivity index (χ1v) is 4.53. The van der Waals surface area contributed by atoms with Gasteiger partial charge in [0.05, 0.1) is 18.8 Å². The van der Waals surface area contributed by atoms with Gasteiger partial charge < -0.3 is 14.3 Å². The van der Waals surface area contributed by atoms with E-state index in [9.17, 15) is 4.79 Å². The van der Waals surface area contributed by atoms with Crippen LogP contribution in [0.25, 0.3) is 0 Å². The second kappa shape index (κ2) is 3.46. The largest absolute Gasteiger partial charge is 0.481 e. The van der Waals surface area contributed by atoms with Crippen molar-refractivity contribution in [3.8, 4) is 0 Å². The molecule has 0 bridgehead atoms. The molecule has 0 aliphatic heterocycles. The molecule has 14 heavy (non-hydrogen) atoms. The number of hydrogen-bond donors (Lipinski definition) is 1. The van der Waals surface area contributed by atoms with Gasteiger partial charge in [-0.2, -0.15) is 0 Å². The highest BCUT2D eigenvalue weighted by atomic mass is 16.5. The Kier molecular flexibility index (Phi) is 2.29. The molecule has 4 nitrogen and oxygen atoms in total. The fourth-order valence-electron chi connectivity index (χ4n) is 2.05. The van der Waals surface area contributed by atoms with E-state index >= 15 is 0 Å². The summed E-state index contributed by atoms with van der Waals surface area (Å²) >= 11 is 0. The number of aliphatic carboxylic acids is 1. The molecule has 0 aromatic carbocycles. The van der Waals surface area contributed by atoms with Crippen LogP contribution in [-0.2, 0) is 16.0 Å². The zero-order valence-electron chi connectivity index (χ0n) is 7.90. The number of furan rings is 1. The molecule has 1 aromatic rings. The van der Waals surface area contributed by atoms with Crippen molar-refractivity contribution < 1.29 is 19.1 Å². The van der Waals surface area contributed by atoms with Crippen molar-refractivity contribution in [3.63, 3.8) is 0 Å². The molecule has 1 aliphatic carbocycles. The minimum atomic E-state index is -0.800. The van der Waals surface area contributed by atoms with Crippen molar-refractivity contribution in [2.75, 3.05) is 7.11 Å². The minimum Gasteiger partial charge on any atom is -0.481 e. The maximum Gasteiger partial charge on any atom is 0.304 e. The van der Waals surface area contributed by atoms with Crippen LogP contribution in [0.15, 0.2) is 16.7 Å². The molecule has 0 radical (unpaired) electrons. The van der Waals surface area contributed by atoms with Gasteiger partial charge in [0.1, 0.15) is 5.76 Å². The van der Waals surface area contributed by atoms with E-state index in [-0.39, 0.29) is 18.4 Å². The van der Waals surface area contributed by atoms with E-state index in [0.29, 0.717) is 6.42 Å². The smallest absolute Gasteiger partial charge is 0.304 e. The molecule has 0 saturated heterocycles. The van der Waals surface area contributed by atoms with E-state index in [1.54, 1.807) is 13.4 Å². The van der Waals surface area contributed by atoms with Crippen molar-refractivity contribution in [3.05, 3.63) is 23.7 Å². The Morgan fingerprint density at radius 3 is 3.21 bits per heavy atom. The molecular formula is C10H12O4. The first kappa shape index (κ1) is 9.27. The van der Waals surface area contributed by atoms with Crippen molar-refractivity contribution in [1.82, 2.24) is 0 Å². The fourth-order valence-corrected chi connectivity index (χ4v) is 2.05. The minimum absolute atomic E-state index is 0.0546. The first-order chi connectivity index (χ1) is 6.72. The third kappa shape index (κ3) is 1.42. The third-order valence-electron chi connectivity index (χ3n) is 2.71. The zero-order valence-corrected chi connectivity index (χ0v) is 7.90. The van der Waals surface area contributed by atoms with Crippen molar-refractivity contribution in [2.45, 2.75) is 24.9 Å². The van der Waals surface area contributed by atoms with Gasteiger partial charge in [-0.15, -0.1) is 0 Å². The van der Waals surface area contributed by atoms with Crippen LogP contribution in [0.1, 0.15) is 23.7 Å². The maximum atomic E-state index is 10.7. The van der Waals surface area contributed by atoms with Crippen LogP contribution >= 0.6 is 0 Å². The summed E-state index contributed by atoms with van der Waals surface area (Å²) in [6.07, 6.45) is 2.33. The van der Waals surface area contributed by atoms with Gasteiger partial charge in [-0.25, -0.2) is 0 Å². The summed E-state index contributed by atoms with van der Waals surface area (Å²) in [5.41, 5.74) is 0.985. The van der Waals surface area contributed by atoms with Gasteiger partial charge in [0.25, 0.3) is 0 Å². The Bertz CT molecular complexity index is 342. The third-order valence-corrected chi connectivity index (χ3v) is 2.71. The quantitative estimate of drug-likeness (QED) is 0.794. The summed E-state index contributed by atoms with van der Waals surface area (Å²) in [5, 5.41) is 8.76. The molecule has 2 rings (SSSR count). The summed E-state index contributed by atoms with van der Waals surface area (Å²) in [4.78, 5) is 10.7. The Labute approximate surface area is 81.5 Å². The standard InChI is InChI=1S/C10H12O4/c1-13-8-5-9-6(2-3-14-9)7(8)4-10(11)12/h2-3,7-8H,4-5H2,1H3,(H,11,12). The molecule has 76 valence electrons. The van der Waals surface area contributed by atoms with E-state index in [0.717, 1.165) is 11.3 Å². The molecule has 0 saturated carbocycles. The van der Waals surface area contributed by atoms with Crippen LogP contribution < -0.4 is 0 Å². The molecule has 1 aliphatic rings. The highest BCUT2D eigenvalue weighted by molar-refractivity contribution is 5.68. The molecule has 0 spiro atoms. The molecule has 2 unspecified atom stereocenters. The summed E-state index contributed by atoms with van der Waals surface area (Å²) in [6, 6.07) is 1.84. The fraction of sp³-hybridized carbons (Fsp3) is 0.500. The predicted octanol–water partition coefficient (Wildman–Crippen LogP) is 1.41. The van der Waals surface area contributed by atoms with E-state index in [2.05, 4.69) is 0 Å². The lowest BCUT2D eigenvalue weighted by atomic mass is 9.98. The number of fused-ring (bicyclic) bond motifs is 1. The van der Waals surface area contributed by atoms with Crippen LogP contribution in [0.3, 0.4) is 0 Å². The second-order valence-corrected chi connectivity index (χ2v) is 3.48. The molecule has 1 N–H and O–H groups in total. The molecule has 0 fully saturated rings. The topological polar surface area (TPSA) is 59.7 Å². The number of methoxy groups -OCH3 is 1. The Morgan fingerprint density at radius 2 is 2.57 bits per heavy atom. The number of rotatable bonds is 3. The molecule has 1 aromatic heterocycles. The van der Waals surface area contributed by atoms with Gasteiger partial charge in [-0.1, -0.05) is 0 Å². The van der Waals surface area contributed by atoms with E-state index in [4.69, 9.17) is 14.3 Å². The SMILES string of the molecule is COC1Cc2occc2C1CC(=O)O. The summed E-state index contributed by atoms with van der Waals surface area (Å²) in [5.74, 6) is 0.000417. The molecule has 1 heterocycles. The average Bonchev–Trinajstić information content (AvgIpc) is 2.67. The molecular weight excluding hydrogens is 184 g/mol. The Hall–Kier alpha value is -1.29. The van der Waals surface area contributed by atoms with Gasteiger partial charge in [0.2, 0.25) is 0 Å². The van der Waals surface area contributed by atoms with Crippen LogP contribution in [-0.4, -0.2) is 24.3 Å². The highest BCUT2D eigenvalue weighted by Gasteiger charge is 2.36. The van der Waals surface area contributed by atoms with Gasteiger partial charge >= 0.3 is 5.97 Å². The van der Waals surface area contributed by atoms with Crippen molar-refractivity contribution in [2.24, 2.45) is 0 Å². The van der Waals surface area contributed by atoms with Gasteiger partial charge in [-0.05, 0) is 11.6 Å². The summed E-state index contributed by atoms with van der Waals surface area (Å²) in [6.45, 7) is 0. The molecule has 4 heteroatoms. The Morgan fingerprint density at radius 1 is 1.79 bits per heavy atom. The maximum absolute atomic E-state index is 10.7. The highest BCUT2D eigenvalue weighted by Crippen LogP contribution is 2.37. The van der Waals surface area contributed by atoms with Crippen molar-refractivity contribution in [1.29, 1.82) is 0 Å². The average molecular weight is 196 g/mol. The van der Waals surface area contributed by atoms with Crippen LogP contribution in [0.5, 0.6) is 0 Å². The number of hydrogen-bond acceptors (Lipinski definition) is 3. The van der Waals surface area contributed by atoms with Crippen molar-refractivity contribution >= 4 is 5.97 Å². The van der Waals surface area contributed by atoms with E-state index in [1.165, 1.54) is 0 Å². The number of carboxylic acids is 1. The first-order valence-electron chi connectivity index (χ1n) is 4.53. The monoisotopic (exact) mass is 196 g/mol. The van der Waals surface area contributed by atoms with Crippen LogP contribution in [0, 0.1) is 0 Å². The van der Waals surface area contributed by atoms with E-state index in [1.807, 2.05) is 6.07 Å². The number of carbonyl (C=O) groups is 1. The predicted molar refractivity (Wildman–Crippen MR) is 48.2 cm³/mol. The van der Waals surface area contributed by atoms with Gasteiger partial charge in [0, 0.05) is 19.4 Å². The summed E-state index contributed by atoms with van der Waals surface area (Å²) in [7, 11) is 1.60. The van der Waals surface area contributed by atoms with Crippen LogP contribution in [0.4, 0.5) is 0 Å². The van der Waals surface area contributed by atoms with E-state index < -0.39 is 5.97 Å². The lowest BCUT2D eigenvalue weighted by molar-refractivity contribution is -0.138. The van der Waals surface area contributed by atoms with Gasteiger partial charge in [0.15, 0.2) is 0 Å². The van der Waals surface area contributed by atoms with Gasteiger partial charge in [-0.3, -0.25) is 4.79 Å². The normalized spacial score (nSPS) is 24.9. The number of carboxylic acid groups (broad SMARTS) is 1. The zero-order chi connectivity index (χ0) is 10.1. The molecule has 0 amide bonds. The lowest BCUT2D eigenvalue weighted by Crippen LogP contribution is -2.19. The lowest BCUT2D eigenvalue weighted by Gasteiger charge is -2.16. The molecule has 2 atom stereocenters. The number of ether oxygens (including phenoxy) is 1. The Balaban J connectivity index is 2.23. The summed E-state index contributed by atoms with van der Waals surface area (Å²) < 4.78 is 10.5.